The molecule has 0 aliphatic rings. The normalized spacial score (nSPS) is 10.9. The SMILES string of the molecule is O=C(Nc1ccc(S(=O)(=O)Nc2ccccn2)cc1)c1cccc(OCc2ccccc2)c1. The van der Waals surface area contributed by atoms with Crippen molar-refractivity contribution >= 4 is 27.4 Å². The van der Waals surface area contributed by atoms with Crippen molar-refractivity contribution in [2.75, 3.05) is 10.0 Å². The Kier molecular flexibility index (Phi) is 6.66. The molecular weight excluding hydrogens is 438 g/mol. The maximum absolute atomic E-state index is 12.7. The topological polar surface area (TPSA) is 97.4 Å². The van der Waals surface area contributed by atoms with Crippen molar-refractivity contribution < 1.29 is 17.9 Å². The van der Waals surface area contributed by atoms with Gasteiger partial charge in [-0.15, -0.1) is 0 Å². The molecule has 0 aliphatic heterocycles. The number of nitrogens with zero attached hydrogens (tertiary/aromatic N) is 1. The summed E-state index contributed by atoms with van der Waals surface area (Å²) in [5.41, 5.74) is 1.92. The first-order valence-corrected chi connectivity index (χ1v) is 11.6. The van der Waals surface area contributed by atoms with E-state index in [-0.39, 0.29) is 16.6 Å². The van der Waals surface area contributed by atoms with Crippen LogP contribution < -0.4 is 14.8 Å². The third-order valence-electron chi connectivity index (χ3n) is 4.67. The summed E-state index contributed by atoms with van der Waals surface area (Å²) in [6.45, 7) is 0.397. The predicted molar refractivity (Wildman–Crippen MR) is 127 cm³/mol. The van der Waals surface area contributed by atoms with Gasteiger partial charge in [0.1, 0.15) is 18.2 Å². The second-order valence-corrected chi connectivity index (χ2v) is 8.78. The van der Waals surface area contributed by atoms with Crippen molar-refractivity contribution in [1.29, 1.82) is 0 Å². The third-order valence-corrected chi connectivity index (χ3v) is 6.04. The molecular formula is C25H21N3O4S. The predicted octanol–water partition coefficient (Wildman–Crippen LogP) is 4.71. The minimum atomic E-state index is -3.79. The second kappa shape index (κ2) is 9.97. The van der Waals surface area contributed by atoms with Gasteiger partial charge >= 0.3 is 0 Å². The molecule has 33 heavy (non-hydrogen) atoms. The quantitative estimate of drug-likeness (QED) is 0.398. The Bertz CT molecular complexity index is 1330. The summed E-state index contributed by atoms with van der Waals surface area (Å²) in [7, 11) is -3.79. The van der Waals surface area contributed by atoms with Crippen LogP contribution >= 0.6 is 0 Å². The van der Waals surface area contributed by atoms with Crippen LogP contribution in [0.25, 0.3) is 0 Å². The van der Waals surface area contributed by atoms with Crippen molar-refractivity contribution in [3.05, 3.63) is 114 Å². The van der Waals surface area contributed by atoms with E-state index in [9.17, 15) is 13.2 Å². The van der Waals surface area contributed by atoms with Crippen molar-refractivity contribution in [3.63, 3.8) is 0 Å². The van der Waals surface area contributed by atoms with Gasteiger partial charge in [0.2, 0.25) is 0 Å². The van der Waals surface area contributed by atoms with Crippen molar-refractivity contribution in [2.24, 2.45) is 0 Å². The second-order valence-electron chi connectivity index (χ2n) is 7.10. The van der Waals surface area contributed by atoms with Crippen LogP contribution in [0.5, 0.6) is 5.75 Å². The Morgan fingerprint density at radius 1 is 0.848 bits per heavy atom. The minimum Gasteiger partial charge on any atom is -0.489 e. The van der Waals surface area contributed by atoms with E-state index in [1.807, 2.05) is 30.3 Å². The zero-order valence-corrected chi connectivity index (χ0v) is 18.3. The van der Waals surface area contributed by atoms with E-state index in [0.29, 0.717) is 23.6 Å². The number of anilines is 2. The molecule has 0 radical (unpaired) electrons. The van der Waals surface area contributed by atoms with E-state index in [4.69, 9.17) is 4.74 Å². The van der Waals surface area contributed by atoms with Crippen molar-refractivity contribution in [2.45, 2.75) is 11.5 Å². The van der Waals surface area contributed by atoms with Crippen molar-refractivity contribution in [1.82, 2.24) is 4.98 Å². The highest BCUT2D eigenvalue weighted by Crippen LogP contribution is 2.19. The van der Waals surface area contributed by atoms with Crippen LogP contribution in [-0.4, -0.2) is 19.3 Å². The smallest absolute Gasteiger partial charge is 0.263 e. The summed E-state index contributed by atoms with van der Waals surface area (Å²) in [6.07, 6.45) is 1.50. The summed E-state index contributed by atoms with van der Waals surface area (Å²) in [5, 5.41) is 2.77. The fourth-order valence-electron chi connectivity index (χ4n) is 3.01. The number of aromatic nitrogens is 1. The third kappa shape index (κ3) is 5.96. The molecule has 0 unspecified atom stereocenters. The molecule has 2 N–H and O–H groups in total. The van der Waals surface area contributed by atoms with Gasteiger partial charge in [0.25, 0.3) is 15.9 Å². The zero-order valence-electron chi connectivity index (χ0n) is 17.5. The molecule has 0 saturated carbocycles. The summed E-state index contributed by atoms with van der Waals surface area (Å²) >= 11 is 0. The number of rotatable bonds is 8. The lowest BCUT2D eigenvalue weighted by Gasteiger charge is -2.10. The Morgan fingerprint density at radius 2 is 1.61 bits per heavy atom. The van der Waals surface area contributed by atoms with E-state index < -0.39 is 10.0 Å². The summed E-state index contributed by atoms with van der Waals surface area (Å²) in [4.78, 5) is 16.7. The van der Waals surface area contributed by atoms with Crippen LogP contribution in [0.4, 0.5) is 11.5 Å². The Balaban J connectivity index is 1.39. The molecule has 0 aliphatic carbocycles. The molecule has 0 fully saturated rings. The maximum Gasteiger partial charge on any atom is 0.263 e. The molecule has 166 valence electrons. The number of sulfonamides is 1. The van der Waals surface area contributed by atoms with E-state index >= 15 is 0 Å². The molecule has 1 amide bonds. The minimum absolute atomic E-state index is 0.0578. The average molecular weight is 460 g/mol. The molecule has 3 aromatic carbocycles. The summed E-state index contributed by atoms with van der Waals surface area (Å²) in [6, 6.07) is 27.4. The summed E-state index contributed by atoms with van der Waals surface area (Å²) in [5.74, 6) is 0.472. The first-order valence-electron chi connectivity index (χ1n) is 10.1. The first kappa shape index (κ1) is 22.0. The van der Waals surface area contributed by atoms with Crippen LogP contribution in [-0.2, 0) is 16.6 Å². The number of hydrogen-bond acceptors (Lipinski definition) is 5. The molecule has 0 spiro atoms. The average Bonchev–Trinajstić information content (AvgIpc) is 2.84. The zero-order chi connectivity index (χ0) is 23.1. The van der Waals surface area contributed by atoms with Crippen LogP contribution in [0.2, 0.25) is 0 Å². The van der Waals surface area contributed by atoms with Gasteiger partial charge in [-0.05, 0) is 60.2 Å². The van der Waals surface area contributed by atoms with Crippen LogP contribution in [0, 0.1) is 0 Å². The number of carbonyl (C=O) groups excluding carboxylic acids is 1. The molecule has 7 nitrogen and oxygen atoms in total. The van der Waals surface area contributed by atoms with Gasteiger partial charge in [-0.25, -0.2) is 13.4 Å². The highest BCUT2D eigenvalue weighted by atomic mass is 32.2. The fourth-order valence-corrected chi connectivity index (χ4v) is 4.02. The first-order chi connectivity index (χ1) is 16.0. The number of nitrogens with one attached hydrogen (secondary N) is 2. The highest BCUT2D eigenvalue weighted by Gasteiger charge is 2.15. The molecule has 1 heterocycles. The van der Waals surface area contributed by atoms with Gasteiger partial charge in [0, 0.05) is 17.4 Å². The lowest BCUT2D eigenvalue weighted by Crippen LogP contribution is -2.14. The van der Waals surface area contributed by atoms with Gasteiger partial charge in [-0.1, -0.05) is 42.5 Å². The lowest BCUT2D eigenvalue weighted by atomic mass is 10.2. The van der Waals surface area contributed by atoms with Gasteiger partial charge in [-0.3, -0.25) is 9.52 Å². The van der Waals surface area contributed by atoms with Crippen LogP contribution in [0.3, 0.4) is 0 Å². The number of carbonyl (C=O) groups is 1. The Labute approximate surface area is 192 Å². The summed E-state index contributed by atoms with van der Waals surface area (Å²) < 4.78 is 33.2. The number of pyridine rings is 1. The number of amides is 1. The van der Waals surface area contributed by atoms with Gasteiger partial charge in [-0.2, -0.15) is 0 Å². The molecule has 0 bridgehead atoms. The highest BCUT2D eigenvalue weighted by molar-refractivity contribution is 7.92. The van der Waals surface area contributed by atoms with E-state index in [1.54, 1.807) is 42.5 Å². The Hall–Kier alpha value is -4.17. The van der Waals surface area contributed by atoms with Gasteiger partial charge in [0.15, 0.2) is 0 Å². The fraction of sp³-hybridized carbons (Fsp3) is 0.0400. The van der Waals surface area contributed by atoms with Crippen LogP contribution in [0.15, 0.2) is 108 Å². The molecule has 0 saturated heterocycles. The van der Waals surface area contributed by atoms with Crippen LogP contribution in [0.1, 0.15) is 15.9 Å². The van der Waals surface area contributed by atoms with Crippen molar-refractivity contribution in [3.8, 4) is 5.75 Å². The van der Waals surface area contributed by atoms with Gasteiger partial charge in [0.05, 0.1) is 4.90 Å². The molecule has 0 atom stereocenters. The van der Waals surface area contributed by atoms with E-state index in [2.05, 4.69) is 15.0 Å². The molecule has 4 rings (SSSR count). The standard InChI is InChI=1S/C25H21N3O4S/c29-25(20-9-6-10-22(17-20)32-18-19-7-2-1-3-8-19)27-21-12-14-23(15-13-21)33(30,31)28-24-11-4-5-16-26-24/h1-17H,18H2,(H,26,28)(H,27,29). The molecule has 4 aromatic rings. The van der Waals surface area contributed by atoms with Gasteiger partial charge < -0.3 is 10.1 Å². The Morgan fingerprint density at radius 3 is 2.33 bits per heavy atom. The van der Waals surface area contributed by atoms with E-state index in [1.165, 1.54) is 30.5 Å². The van der Waals surface area contributed by atoms with E-state index in [0.717, 1.165) is 5.56 Å². The monoisotopic (exact) mass is 459 g/mol. The number of hydrogen-bond donors (Lipinski definition) is 2. The largest absolute Gasteiger partial charge is 0.489 e. The maximum atomic E-state index is 12.7. The number of ether oxygens (including phenoxy) is 1. The molecule has 8 heteroatoms. The number of benzene rings is 3. The molecule has 1 aromatic heterocycles. The lowest BCUT2D eigenvalue weighted by molar-refractivity contribution is 0.102.